The molecule has 0 saturated carbocycles. The van der Waals surface area contributed by atoms with E-state index in [0.717, 1.165) is 30.4 Å². The molecule has 136 valence electrons. The summed E-state index contributed by atoms with van der Waals surface area (Å²) in [6, 6.07) is 10.0. The monoisotopic (exact) mass is 361 g/mol. The third-order valence-electron chi connectivity index (χ3n) is 3.70. The molecule has 0 aliphatic heterocycles. The lowest BCUT2D eigenvalue weighted by Gasteiger charge is -2.17. The number of nitrogens with one attached hydrogen (secondary N) is 2. The summed E-state index contributed by atoms with van der Waals surface area (Å²) in [5, 5.41) is 8.79. The summed E-state index contributed by atoms with van der Waals surface area (Å²) in [6.07, 6.45) is 1.07. The average molecular weight is 362 g/mol. The van der Waals surface area contributed by atoms with E-state index < -0.39 is 0 Å². The largest absolute Gasteiger partial charge is 0.493 e. The number of benzene rings is 1. The molecule has 2 aromatic rings. The number of anilines is 1. The van der Waals surface area contributed by atoms with Crippen LogP contribution in [0.5, 0.6) is 11.5 Å². The fourth-order valence-corrected chi connectivity index (χ4v) is 3.32. The Morgan fingerprint density at radius 1 is 1.28 bits per heavy atom. The van der Waals surface area contributed by atoms with Crippen molar-refractivity contribution < 1.29 is 9.47 Å². The molecule has 0 bridgehead atoms. The molecular weight excluding hydrogens is 334 g/mol. The highest BCUT2D eigenvalue weighted by atomic mass is 32.1. The molecule has 1 unspecified atom stereocenters. The Labute approximate surface area is 154 Å². The summed E-state index contributed by atoms with van der Waals surface area (Å²) >= 11 is 1.80. The van der Waals surface area contributed by atoms with E-state index in [-0.39, 0.29) is 0 Å². The lowest BCUT2D eigenvalue weighted by Crippen LogP contribution is -2.34. The summed E-state index contributed by atoms with van der Waals surface area (Å²) in [5.41, 5.74) is 0.902. The summed E-state index contributed by atoms with van der Waals surface area (Å²) < 4.78 is 10.9. The highest BCUT2D eigenvalue weighted by Gasteiger charge is 2.09. The summed E-state index contributed by atoms with van der Waals surface area (Å²) in [4.78, 5) is 5.70. The second-order valence-electron chi connectivity index (χ2n) is 5.77. The zero-order valence-corrected chi connectivity index (χ0v) is 16.2. The molecular formula is C19H27N3O2S. The first-order valence-electron chi connectivity index (χ1n) is 8.47. The minimum atomic E-state index is 0.520. The molecule has 0 fully saturated rings. The Kier molecular flexibility index (Phi) is 7.60. The summed E-state index contributed by atoms with van der Waals surface area (Å²) in [7, 11) is 3.41. The van der Waals surface area contributed by atoms with Crippen molar-refractivity contribution in [1.29, 1.82) is 0 Å². The maximum Gasteiger partial charge on any atom is 0.195 e. The van der Waals surface area contributed by atoms with E-state index in [9.17, 15) is 0 Å². The SMILES string of the molecule is CCOc1ccc(NC(=NC)NCC(C)Cc2cccs2)cc1OC. The van der Waals surface area contributed by atoms with E-state index in [4.69, 9.17) is 9.47 Å². The van der Waals surface area contributed by atoms with Gasteiger partial charge >= 0.3 is 0 Å². The van der Waals surface area contributed by atoms with Crippen molar-refractivity contribution in [2.75, 3.05) is 32.6 Å². The van der Waals surface area contributed by atoms with Gasteiger partial charge in [0.1, 0.15) is 0 Å². The zero-order chi connectivity index (χ0) is 18.1. The van der Waals surface area contributed by atoms with Crippen LogP contribution in [-0.4, -0.2) is 33.3 Å². The fraction of sp³-hybridized carbons (Fsp3) is 0.421. The van der Waals surface area contributed by atoms with Gasteiger partial charge in [-0.3, -0.25) is 4.99 Å². The van der Waals surface area contributed by atoms with Crippen LogP contribution in [0.15, 0.2) is 40.7 Å². The van der Waals surface area contributed by atoms with Gasteiger partial charge in [-0.05, 0) is 42.8 Å². The Hall–Kier alpha value is -2.21. The van der Waals surface area contributed by atoms with E-state index in [1.165, 1.54) is 4.88 Å². The molecule has 25 heavy (non-hydrogen) atoms. The van der Waals surface area contributed by atoms with Gasteiger partial charge in [0.2, 0.25) is 0 Å². The minimum Gasteiger partial charge on any atom is -0.493 e. The number of aliphatic imine (C=N–C) groups is 1. The van der Waals surface area contributed by atoms with E-state index in [1.807, 2.05) is 25.1 Å². The number of guanidine groups is 1. The van der Waals surface area contributed by atoms with Crippen LogP contribution in [0, 0.1) is 5.92 Å². The summed E-state index contributed by atoms with van der Waals surface area (Å²) in [6.45, 7) is 5.65. The zero-order valence-electron chi connectivity index (χ0n) is 15.3. The van der Waals surface area contributed by atoms with Crippen LogP contribution in [0.4, 0.5) is 5.69 Å². The van der Waals surface area contributed by atoms with Crippen molar-refractivity contribution in [2.45, 2.75) is 20.3 Å². The van der Waals surface area contributed by atoms with Crippen LogP contribution in [0.3, 0.4) is 0 Å². The quantitative estimate of drug-likeness (QED) is 0.551. The molecule has 1 aromatic carbocycles. The van der Waals surface area contributed by atoms with Gasteiger partial charge in [-0.2, -0.15) is 0 Å². The van der Waals surface area contributed by atoms with E-state index >= 15 is 0 Å². The molecule has 0 spiro atoms. The predicted octanol–water partition coefficient (Wildman–Crippen LogP) is 4.02. The second kappa shape index (κ2) is 9.93. The maximum atomic E-state index is 5.55. The van der Waals surface area contributed by atoms with Gasteiger partial charge in [0.15, 0.2) is 17.5 Å². The summed E-state index contributed by atoms with van der Waals surface area (Å²) in [5.74, 6) is 2.70. The molecule has 2 rings (SSSR count). The Morgan fingerprint density at radius 3 is 2.76 bits per heavy atom. The Morgan fingerprint density at radius 2 is 2.12 bits per heavy atom. The van der Waals surface area contributed by atoms with Crippen LogP contribution in [0.1, 0.15) is 18.7 Å². The molecule has 0 saturated heterocycles. The fourth-order valence-electron chi connectivity index (χ4n) is 2.45. The third kappa shape index (κ3) is 5.98. The minimum absolute atomic E-state index is 0.520. The van der Waals surface area contributed by atoms with E-state index in [2.05, 4.69) is 40.1 Å². The van der Waals surface area contributed by atoms with Gasteiger partial charge in [-0.15, -0.1) is 11.3 Å². The van der Waals surface area contributed by atoms with Gasteiger partial charge < -0.3 is 20.1 Å². The van der Waals surface area contributed by atoms with Crippen molar-refractivity contribution in [2.24, 2.45) is 10.9 Å². The Balaban J connectivity index is 1.91. The van der Waals surface area contributed by atoms with Crippen LogP contribution in [-0.2, 0) is 6.42 Å². The predicted molar refractivity (Wildman–Crippen MR) is 106 cm³/mol. The van der Waals surface area contributed by atoms with Crippen molar-refractivity contribution in [3.05, 3.63) is 40.6 Å². The number of rotatable bonds is 8. The number of methoxy groups -OCH3 is 1. The second-order valence-corrected chi connectivity index (χ2v) is 6.80. The van der Waals surface area contributed by atoms with Gasteiger partial charge in [-0.25, -0.2) is 0 Å². The van der Waals surface area contributed by atoms with Gasteiger partial charge in [0, 0.05) is 30.2 Å². The van der Waals surface area contributed by atoms with Crippen molar-refractivity contribution in [3.63, 3.8) is 0 Å². The lowest BCUT2D eigenvalue weighted by molar-refractivity contribution is 0.311. The number of ether oxygens (including phenoxy) is 2. The first-order chi connectivity index (χ1) is 12.2. The first-order valence-corrected chi connectivity index (χ1v) is 9.35. The third-order valence-corrected chi connectivity index (χ3v) is 4.60. The molecule has 1 heterocycles. The highest BCUT2D eigenvalue weighted by molar-refractivity contribution is 7.09. The molecule has 0 aliphatic carbocycles. The normalized spacial score (nSPS) is 12.6. The van der Waals surface area contributed by atoms with Gasteiger partial charge in [0.25, 0.3) is 0 Å². The molecule has 0 amide bonds. The molecule has 2 N–H and O–H groups in total. The van der Waals surface area contributed by atoms with Crippen molar-refractivity contribution >= 4 is 23.0 Å². The molecule has 1 atom stereocenters. The molecule has 6 heteroatoms. The molecule has 5 nitrogen and oxygen atoms in total. The standard InChI is InChI=1S/C19H27N3O2S/c1-5-24-17-9-8-15(12-18(17)23-4)22-19(20-3)21-13-14(2)11-16-7-6-10-25-16/h6-10,12,14H,5,11,13H2,1-4H3,(H2,20,21,22). The van der Waals surface area contributed by atoms with Crippen LogP contribution < -0.4 is 20.1 Å². The van der Waals surface area contributed by atoms with Crippen LogP contribution in [0.25, 0.3) is 0 Å². The highest BCUT2D eigenvalue weighted by Crippen LogP contribution is 2.30. The van der Waals surface area contributed by atoms with Gasteiger partial charge in [-0.1, -0.05) is 13.0 Å². The topological polar surface area (TPSA) is 54.9 Å². The van der Waals surface area contributed by atoms with Crippen LogP contribution in [0.2, 0.25) is 0 Å². The molecule has 1 aromatic heterocycles. The van der Waals surface area contributed by atoms with Crippen molar-refractivity contribution in [1.82, 2.24) is 5.32 Å². The van der Waals surface area contributed by atoms with Gasteiger partial charge in [0.05, 0.1) is 13.7 Å². The number of nitrogens with zero attached hydrogens (tertiary/aromatic N) is 1. The van der Waals surface area contributed by atoms with Crippen molar-refractivity contribution in [3.8, 4) is 11.5 Å². The molecule has 0 aliphatic rings. The number of hydrogen-bond acceptors (Lipinski definition) is 4. The average Bonchev–Trinajstić information content (AvgIpc) is 3.12. The van der Waals surface area contributed by atoms with E-state index in [1.54, 1.807) is 25.5 Å². The lowest BCUT2D eigenvalue weighted by atomic mass is 10.1. The number of hydrogen-bond donors (Lipinski definition) is 2. The Bertz CT molecular complexity index is 671. The molecule has 0 radical (unpaired) electrons. The maximum absolute atomic E-state index is 5.55. The first kappa shape index (κ1) is 19.1. The number of thiophene rings is 1. The van der Waals surface area contributed by atoms with E-state index in [0.29, 0.717) is 18.3 Å². The van der Waals surface area contributed by atoms with Crippen LogP contribution >= 0.6 is 11.3 Å². The smallest absolute Gasteiger partial charge is 0.195 e.